The van der Waals surface area contributed by atoms with Crippen LogP contribution in [0.4, 0.5) is 0 Å². The number of hydrogen-bond acceptors (Lipinski definition) is 4. The molecular formula is C20H21Cl2N3O3. The molecule has 2 heterocycles. The number of carbonyl (C=O) groups is 1. The van der Waals surface area contributed by atoms with Crippen molar-refractivity contribution >= 4 is 47.2 Å². The Labute approximate surface area is 173 Å². The normalized spacial score (nSPS) is 18.4. The molecule has 0 aliphatic carbocycles. The Bertz CT molecular complexity index is 1000. The van der Waals surface area contributed by atoms with Crippen molar-refractivity contribution in [3.63, 3.8) is 0 Å². The lowest BCUT2D eigenvalue weighted by atomic mass is 9.91. The zero-order chi connectivity index (χ0) is 19.4. The maximum atomic E-state index is 8.36. The number of nitrogens with one attached hydrogen (secondary N) is 1. The number of carboxylic acid groups (broad SMARTS) is 1. The monoisotopic (exact) mass is 421 g/mol. The van der Waals surface area contributed by atoms with E-state index in [1.54, 1.807) is 0 Å². The number of hydrogen-bond donors (Lipinski definition) is 3. The van der Waals surface area contributed by atoms with Crippen LogP contribution in [0.3, 0.4) is 0 Å². The number of ether oxygens (including phenoxy) is 1. The summed E-state index contributed by atoms with van der Waals surface area (Å²) in [5.41, 5.74) is 9.67. The molecule has 8 heteroatoms. The van der Waals surface area contributed by atoms with E-state index in [1.807, 2.05) is 31.2 Å². The van der Waals surface area contributed by atoms with Crippen LogP contribution >= 0.6 is 24.0 Å². The van der Waals surface area contributed by atoms with Crippen LogP contribution in [0.5, 0.6) is 0 Å². The Kier molecular flexibility index (Phi) is 7.07. The van der Waals surface area contributed by atoms with E-state index in [1.165, 1.54) is 0 Å². The summed E-state index contributed by atoms with van der Waals surface area (Å²) in [5, 5.41) is 8.75. The van der Waals surface area contributed by atoms with Gasteiger partial charge in [-0.2, -0.15) is 0 Å². The van der Waals surface area contributed by atoms with Gasteiger partial charge in [-0.05, 0) is 42.3 Å². The Hall–Kier alpha value is -2.54. The first-order valence-electron chi connectivity index (χ1n) is 8.34. The van der Waals surface area contributed by atoms with E-state index in [4.69, 9.17) is 32.0 Å². The van der Waals surface area contributed by atoms with Crippen LogP contribution in [-0.4, -0.2) is 35.6 Å². The number of rotatable bonds is 2. The van der Waals surface area contributed by atoms with E-state index >= 15 is 0 Å². The second kappa shape index (κ2) is 9.10. The SMILES string of the molecule is CC1(c2cccc(-c3cc4ccc(Cl)cc4[nH]3)c2)COCC(N)=N1.Cl.O=CO. The summed E-state index contributed by atoms with van der Waals surface area (Å²) in [6.45, 7) is 2.72. The number of aliphatic imine (C=N–C) groups is 1. The van der Waals surface area contributed by atoms with E-state index in [0.717, 1.165) is 32.7 Å². The van der Waals surface area contributed by atoms with E-state index < -0.39 is 5.54 Å². The molecule has 0 saturated carbocycles. The minimum atomic E-state index is -0.451. The molecule has 0 bridgehead atoms. The maximum Gasteiger partial charge on any atom is 0.290 e. The van der Waals surface area contributed by atoms with Crippen molar-refractivity contribution < 1.29 is 14.6 Å². The molecule has 0 saturated heterocycles. The van der Waals surface area contributed by atoms with Crippen LogP contribution in [0.1, 0.15) is 12.5 Å². The molecule has 1 atom stereocenters. The largest absolute Gasteiger partial charge is 0.483 e. The lowest BCUT2D eigenvalue weighted by Crippen LogP contribution is -2.37. The number of H-pyrrole nitrogens is 1. The van der Waals surface area contributed by atoms with Crippen LogP contribution in [-0.2, 0) is 15.1 Å². The molecule has 3 aromatic rings. The molecule has 4 rings (SSSR count). The van der Waals surface area contributed by atoms with Gasteiger partial charge in [0.2, 0.25) is 0 Å². The van der Waals surface area contributed by atoms with E-state index in [9.17, 15) is 0 Å². The Morgan fingerprint density at radius 3 is 2.75 bits per heavy atom. The highest BCUT2D eigenvalue weighted by atomic mass is 35.5. The third-order valence-corrected chi connectivity index (χ3v) is 4.64. The van der Waals surface area contributed by atoms with Crippen molar-refractivity contribution in [1.29, 1.82) is 0 Å². The molecule has 0 spiro atoms. The van der Waals surface area contributed by atoms with Gasteiger partial charge in [0.15, 0.2) is 0 Å². The van der Waals surface area contributed by atoms with Gasteiger partial charge in [0.05, 0.1) is 6.61 Å². The molecule has 0 radical (unpaired) electrons. The van der Waals surface area contributed by atoms with Crippen LogP contribution in [0.25, 0.3) is 22.2 Å². The van der Waals surface area contributed by atoms with Crippen molar-refractivity contribution in [2.24, 2.45) is 10.7 Å². The van der Waals surface area contributed by atoms with Gasteiger partial charge in [-0.15, -0.1) is 12.4 Å². The second-order valence-corrected chi connectivity index (χ2v) is 6.91. The number of benzene rings is 2. The van der Waals surface area contributed by atoms with Crippen molar-refractivity contribution in [1.82, 2.24) is 4.98 Å². The van der Waals surface area contributed by atoms with Gasteiger partial charge in [0.25, 0.3) is 6.47 Å². The number of halogens is 2. The van der Waals surface area contributed by atoms with Gasteiger partial charge < -0.3 is 20.6 Å². The minimum absolute atomic E-state index is 0. The van der Waals surface area contributed by atoms with E-state index in [2.05, 4.69) is 34.2 Å². The number of aromatic amines is 1. The van der Waals surface area contributed by atoms with Crippen LogP contribution in [0, 0.1) is 0 Å². The fourth-order valence-electron chi connectivity index (χ4n) is 3.16. The van der Waals surface area contributed by atoms with E-state index in [-0.39, 0.29) is 18.9 Å². The van der Waals surface area contributed by atoms with Gasteiger partial charge in [-0.25, -0.2) is 0 Å². The molecular weight excluding hydrogens is 401 g/mol. The third kappa shape index (κ3) is 4.65. The van der Waals surface area contributed by atoms with Gasteiger partial charge in [0.1, 0.15) is 18.0 Å². The molecule has 6 nitrogen and oxygen atoms in total. The lowest BCUT2D eigenvalue weighted by Gasteiger charge is -2.30. The number of fused-ring (bicyclic) bond motifs is 1. The molecule has 1 aromatic heterocycles. The summed E-state index contributed by atoms with van der Waals surface area (Å²) in [6.07, 6.45) is 0. The summed E-state index contributed by atoms with van der Waals surface area (Å²) in [4.78, 5) is 16.4. The molecule has 0 fully saturated rings. The predicted octanol–water partition coefficient (Wildman–Crippen LogP) is 4.21. The summed E-state index contributed by atoms with van der Waals surface area (Å²) < 4.78 is 5.58. The summed E-state index contributed by atoms with van der Waals surface area (Å²) in [7, 11) is 0. The van der Waals surface area contributed by atoms with Gasteiger partial charge in [-0.1, -0.05) is 35.9 Å². The lowest BCUT2D eigenvalue weighted by molar-refractivity contribution is -0.122. The number of amidine groups is 1. The highest BCUT2D eigenvalue weighted by molar-refractivity contribution is 6.31. The highest BCUT2D eigenvalue weighted by Crippen LogP contribution is 2.32. The smallest absolute Gasteiger partial charge is 0.290 e. The number of nitrogens with two attached hydrogens (primary N) is 1. The quantitative estimate of drug-likeness (QED) is 0.539. The number of aromatic nitrogens is 1. The molecule has 4 N–H and O–H groups in total. The first-order valence-corrected chi connectivity index (χ1v) is 8.72. The average molecular weight is 422 g/mol. The van der Waals surface area contributed by atoms with Crippen molar-refractivity contribution in [3.05, 3.63) is 59.1 Å². The summed E-state index contributed by atoms with van der Waals surface area (Å²) in [5.74, 6) is 0.536. The van der Waals surface area contributed by atoms with Crippen LogP contribution < -0.4 is 5.73 Å². The van der Waals surface area contributed by atoms with Gasteiger partial charge >= 0.3 is 0 Å². The Balaban J connectivity index is 0.000000660. The highest BCUT2D eigenvalue weighted by Gasteiger charge is 2.30. The fourth-order valence-corrected chi connectivity index (χ4v) is 3.33. The zero-order valence-corrected chi connectivity index (χ0v) is 16.8. The Morgan fingerprint density at radius 2 is 2.04 bits per heavy atom. The zero-order valence-electron chi connectivity index (χ0n) is 15.2. The second-order valence-electron chi connectivity index (χ2n) is 6.47. The molecule has 1 aliphatic heterocycles. The summed E-state index contributed by atoms with van der Waals surface area (Å²) in [6, 6.07) is 16.3. The standard InChI is InChI=1S/C19H18ClN3O.CH2O2.ClH/c1-19(11-24-10-18(21)23-19)14-4-2-3-12(7-14)16-8-13-5-6-15(20)9-17(13)22-16;2-1-3;/h2-9,22H,10-11H2,1H3,(H2,21,23);1H,(H,2,3);1H. The topological polar surface area (TPSA) is 101 Å². The summed E-state index contributed by atoms with van der Waals surface area (Å²) >= 11 is 6.07. The van der Waals surface area contributed by atoms with Crippen LogP contribution in [0.2, 0.25) is 5.02 Å². The number of nitrogens with zero attached hydrogens (tertiary/aromatic N) is 1. The first kappa shape index (κ1) is 21.8. The molecule has 2 aromatic carbocycles. The van der Waals surface area contributed by atoms with Crippen LogP contribution in [0.15, 0.2) is 53.5 Å². The third-order valence-electron chi connectivity index (χ3n) is 4.40. The van der Waals surface area contributed by atoms with Crippen molar-refractivity contribution in [2.75, 3.05) is 13.2 Å². The van der Waals surface area contributed by atoms with Gasteiger partial charge in [0, 0.05) is 21.6 Å². The first-order chi connectivity index (χ1) is 12.9. The molecule has 148 valence electrons. The Morgan fingerprint density at radius 1 is 1.29 bits per heavy atom. The minimum Gasteiger partial charge on any atom is -0.483 e. The van der Waals surface area contributed by atoms with Gasteiger partial charge in [-0.3, -0.25) is 9.79 Å². The molecule has 28 heavy (non-hydrogen) atoms. The average Bonchev–Trinajstić information content (AvgIpc) is 3.05. The van der Waals surface area contributed by atoms with Crippen molar-refractivity contribution in [2.45, 2.75) is 12.5 Å². The van der Waals surface area contributed by atoms with Crippen molar-refractivity contribution in [3.8, 4) is 11.3 Å². The van der Waals surface area contributed by atoms with E-state index in [0.29, 0.717) is 19.0 Å². The molecule has 0 amide bonds. The molecule has 1 aliphatic rings. The fraction of sp³-hybridized carbons (Fsp3) is 0.200. The maximum absolute atomic E-state index is 8.36. The molecule has 1 unspecified atom stereocenters. The predicted molar refractivity (Wildman–Crippen MR) is 114 cm³/mol.